The second-order valence-electron chi connectivity index (χ2n) is 2.04. The van der Waals surface area contributed by atoms with E-state index in [1.807, 2.05) is 0 Å². The first kappa shape index (κ1) is 11.2. The van der Waals surface area contributed by atoms with Crippen LogP contribution in [0.4, 0.5) is 5.69 Å². The average Bonchev–Trinajstić information content (AvgIpc) is 2.12. The van der Waals surface area contributed by atoms with E-state index in [2.05, 4.69) is 0 Å². The van der Waals surface area contributed by atoms with E-state index in [0.717, 1.165) is 0 Å². The molecule has 68 valence electrons. The van der Waals surface area contributed by atoms with Gasteiger partial charge in [0.15, 0.2) is 0 Å². The SMILES string of the molecule is N#N.Nc1ccc(Cl)cc1C(=O)O. The Morgan fingerprint density at radius 1 is 1.46 bits per heavy atom. The smallest absolute Gasteiger partial charge is 0.337 e. The van der Waals surface area contributed by atoms with E-state index < -0.39 is 5.97 Å². The van der Waals surface area contributed by atoms with E-state index in [1.165, 1.54) is 12.1 Å². The molecule has 0 aromatic heterocycles. The number of halogens is 1. The molecule has 0 aliphatic heterocycles. The van der Waals surface area contributed by atoms with Crippen molar-refractivity contribution >= 4 is 23.3 Å². The molecule has 0 aliphatic rings. The first-order valence-electron chi connectivity index (χ1n) is 3.09. The Kier molecular flexibility index (Phi) is 4.27. The zero-order valence-corrected chi connectivity index (χ0v) is 7.19. The van der Waals surface area contributed by atoms with Crippen molar-refractivity contribution in [2.45, 2.75) is 0 Å². The Balaban J connectivity index is 0.000000671. The highest BCUT2D eigenvalue weighted by molar-refractivity contribution is 6.31. The van der Waals surface area contributed by atoms with Crippen LogP contribution in [0.3, 0.4) is 0 Å². The fourth-order valence-electron chi connectivity index (χ4n) is 0.714. The van der Waals surface area contributed by atoms with Gasteiger partial charge in [0.25, 0.3) is 0 Å². The van der Waals surface area contributed by atoms with Gasteiger partial charge in [-0.1, -0.05) is 11.6 Å². The van der Waals surface area contributed by atoms with Gasteiger partial charge in [-0.25, -0.2) is 4.79 Å². The van der Waals surface area contributed by atoms with E-state index >= 15 is 0 Å². The second kappa shape index (κ2) is 4.95. The highest BCUT2D eigenvalue weighted by Crippen LogP contribution is 2.17. The largest absolute Gasteiger partial charge is 0.478 e. The molecule has 5 nitrogen and oxygen atoms in total. The molecule has 13 heavy (non-hydrogen) atoms. The van der Waals surface area contributed by atoms with Crippen LogP contribution >= 0.6 is 11.6 Å². The Morgan fingerprint density at radius 2 is 2.00 bits per heavy atom. The maximum Gasteiger partial charge on any atom is 0.337 e. The summed E-state index contributed by atoms with van der Waals surface area (Å²) in [6.07, 6.45) is 0. The predicted molar refractivity (Wildman–Crippen MR) is 46.3 cm³/mol. The van der Waals surface area contributed by atoms with E-state index in [4.69, 9.17) is 33.2 Å². The first-order valence-corrected chi connectivity index (χ1v) is 3.47. The monoisotopic (exact) mass is 199 g/mol. The number of aromatic carboxylic acids is 1. The molecule has 0 unspecified atom stereocenters. The van der Waals surface area contributed by atoms with Crippen LogP contribution in [-0.2, 0) is 0 Å². The summed E-state index contributed by atoms with van der Waals surface area (Å²) in [6, 6.07) is 4.33. The molecular weight excluding hydrogens is 194 g/mol. The summed E-state index contributed by atoms with van der Waals surface area (Å²) in [5.74, 6) is -1.06. The lowest BCUT2D eigenvalue weighted by atomic mass is 10.2. The maximum atomic E-state index is 10.4. The number of carboxylic acid groups (broad SMARTS) is 1. The van der Waals surface area contributed by atoms with Crippen molar-refractivity contribution in [1.82, 2.24) is 0 Å². The van der Waals surface area contributed by atoms with Crippen LogP contribution in [0.25, 0.3) is 0 Å². The van der Waals surface area contributed by atoms with Gasteiger partial charge in [-0.2, -0.15) is 0 Å². The third kappa shape index (κ3) is 2.97. The number of carboxylic acids is 1. The van der Waals surface area contributed by atoms with Crippen molar-refractivity contribution in [3.63, 3.8) is 0 Å². The van der Waals surface area contributed by atoms with E-state index in [9.17, 15) is 4.79 Å². The molecule has 3 N–H and O–H groups in total. The number of benzene rings is 1. The standard InChI is InChI=1S/C7H6ClNO2.N2/c8-4-1-2-6(9)5(3-4)7(10)11;1-2/h1-3H,9H2,(H,10,11);. The first-order chi connectivity index (χ1) is 6.11. The number of hydrogen-bond donors (Lipinski definition) is 2. The van der Waals surface area contributed by atoms with Gasteiger partial charge in [0.2, 0.25) is 0 Å². The number of carbonyl (C=O) groups is 1. The van der Waals surface area contributed by atoms with Crippen molar-refractivity contribution < 1.29 is 9.90 Å². The lowest BCUT2D eigenvalue weighted by molar-refractivity contribution is 0.0698. The molecule has 0 spiro atoms. The molecule has 0 aliphatic carbocycles. The Bertz CT molecular complexity index is 338. The highest BCUT2D eigenvalue weighted by Gasteiger charge is 2.06. The molecule has 0 amide bonds. The number of nitrogens with zero attached hydrogens (tertiary/aromatic N) is 2. The summed E-state index contributed by atoms with van der Waals surface area (Å²) in [5.41, 5.74) is 5.61. The molecule has 1 rings (SSSR count). The summed E-state index contributed by atoms with van der Waals surface area (Å²) < 4.78 is 0. The highest BCUT2D eigenvalue weighted by atomic mass is 35.5. The Labute approximate surface area is 79.2 Å². The molecule has 0 heterocycles. The quantitative estimate of drug-likeness (QED) is 0.528. The molecule has 0 radical (unpaired) electrons. The van der Waals surface area contributed by atoms with Gasteiger partial charge < -0.3 is 10.8 Å². The van der Waals surface area contributed by atoms with Gasteiger partial charge in [0.1, 0.15) is 0 Å². The topological polar surface area (TPSA) is 111 Å². The zero-order chi connectivity index (χ0) is 10.4. The Morgan fingerprint density at radius 3 is 2.38 bits per heavy atom. The van der Waals surface area contributed by atoms with Crippen molar-refractivity contribution in [2.75, 3.05) is 5.73 Å². The number of nitrogen functional groups attached to an aromatic ring is 1. The van der Waals surface area contributed by atoms with Gasteiger partial charge in [-0.3, -0.25) is 0 Å². The minimum Gasteiger partial charge on any atom is -0.478 e. The van der Waals surface area contributed by atoms with Crippen molar-refractivity contribution in [2.24, 2.45) is 0 Å². The van der Waals surface area contributed by atoms with Crippen LogP contribution in [-0.4, -0.2) is 11.1 Å². The van der Waals surface area contributed by atoms with Crippen LogP contribution < -0.4 is 5.73 Å². The molecule has 1 aromatic carbocycles. The number of rotatable bonds is 1. The third-order valence-electron chi connectivity index (χ3n) is 1.25. The van der Waals surface area contributed by atoms with Gasteiger partial charge in [-0.05, 0) is 18.2 Å². The number of nitrogens with two attached hydrogens (primary N) is 1. The molecule has 0 saturated carbocycles. The molecule has 0 fully saturated rings. The summed E-state index contributed by atoms with van der Waals surface area (Å²) >= 11 is 5.54. The molecular formula is C7H6ClN3O2. The van der Waals surface area contributed by atoms with Crippen LogP contribution in [0.2, 0.25) is 5.02 Å². The van der Waals surface area contributed by atoms with Crippen LogP contribution in [0.5, 0.6) is 0 Å². The normalized spacial score (nSPS) is 8.23. The maximum absolute atomic E-state index is 10.4. The van der Waals surface area contributed by atoms with Crippen LogP contribution in [0.15, 0.2) is 18.2 Å². The third-order valence-corrected chi connectivity index (χ3v) is 1.48. The average molecular weight is 200 g/mol. The minimum atomic E-state index is -1.06. The fraction of sp³-hybridized carbons (Fsp3) is 0. The predicted octanol–water partition coefficient (Wildman–Crippen LogP) is 1.65. The van der Waals surface area contributed by atoms with Gasteiger partial charge in [-0.15, -0.1) is 0 Å². The zero-order valence-electron chi connectivity index (χ0n) is 6.44. The second-order valence-corrected chi connectivity index (χ2v) is 2.47. The molecule has 6 heteroatoms. The fourth-order valence-corrected chi connectivity index (χ4v) is 0.886. The molecule has 0 bridgehead atoms. The lowest BCUT2D eigenvalue weighted by Crippen LogP contribution is -2.01. The van der Waals surface area contributed by atoms with Crippen LogP contribution in [0.1, 0.15) is 10.4 Å². The Hall–Kier alpha value is -1.80. The van der Waals surface area contributed by atoms with E-state index in [-0.39, 0.29) is 11.3 Å². The van der Waals surface area contributed by atoms with Crippen molar-refractivity contribution in [1.29, 1.82) is 10.8 Å². The van der Waals surface area contributed by atoms with Crippen molar-refractivity contribution in [3.8, 4) is 0 Å². The minimum absolute atomic E-state index is 0.0394. The number of hydrogen-bond acceptors (Lipinski definition) is 4. The van der Waals surface area contributed by atoms with Gasteiger partial charge >= 0.3 is 5.97 Å². The molecule has 0 atom stereocenters. The van der Waals surface area contributed by atoms with Crippen LogP contribution in [0, 0.1) is 10.8 Å². The summed E-state index contributed by atoms with van der Waals surface area (Å²) in [6.45, 7) is 0. The van der Waals surface area contributed by atoms with Crippen molar-refractivity contribution in [3.05, 3.63) is 28.8 Å². The lowest BCUT2D eigenvalue weighted by Gasteiger charge is -1.99. The van der Waals surface area contributed by atoms with E-state index in [0.29, 0.717) is 5.02 Å². The summed E-state index contributed by atoms with van der Waals surface area (Å²) in [7, 11) is 0. The summed E-state index contributed by atoms with van der Waals surface area (Å²) in [5, 5.41) is 20.9. The number of anilines is 1. The van der Waals surface area contributed by atoms with Gasteiger partial charge in [0.05, 0.1) is 5.56 Å². The summed E-state index contributed by atoms with van der Waals surface area (Å²) in [4.78, 5) is 10.4. The van der Waals surface area contributed by atoms with E-state index in [1.54, 1.807) is 6.07 Å². The van der Waals surface area contributed by atoms with Gasteiger partial charge in [0, 0.05) is 21.5 Å². The molecule has 0 saturated heterocycles. The molecule has 1 aromatic rings.